The maximum Gasteiger partial charge on any atom is 0.336 e. The van der Waals surface area contributed by atoms with Crippen molar-refractivity contribution in [3.05, 3.63) is 0 Å². The zero-order valence-corrected chi connectivity index (χ0v) is 7.81. The summed E-state index contributed by atoms with van der Waals surface area (Å²) in [5.74, 6) is -5.04. The Labute approximate surface area is 76.1 Å². The number of likely N-dealkylation sites (N-methyl/N-ethyl adjacent to an activating group) is 1. The minimum Gasteiger partial charge on any atom is -0.364 e. The lowest BCUT2D eigenvalue weighted by molar-refractivity contribution is -0.141. The molecule has 0 fully saturated rings. The molecule has 1 amide bonds. The number of primary amides is 1. The molecule has 0 aliphatic heterocycles. The molecule has 3 N–H and O–H groups in total. The summed E-state index contributed by atoms with van der Waals surface area (Å²) in [7, 11) is 3.65. The summed E-state index contributed by atoms with van der Waals surface area (Å²) in [6.45, 7) is 0.334. The van der Waals surface area contributed by atoms with Crippen molar-refractivity contribution in [3.8, 4) is 0 Å². The fourth-order valence-electron chi connectivity index (χ4n) is 0.635. The molecule has 0 aromatic carbocycles. The molecule has 0 saturated carbocycles. The van der Waals surface area contributed by atoms with Crippen LogP contribution in [0.25, 0.3) is 0 Å². The number of alkyl halides is 2. The number of nitrogens with zero attached hydrogens (tertiary/aromatic N) is 1. The Hall–Kier alpha value is -0.750. The Kier molecular flexibility index (Phi) is 4.79. The molecule has 0 rings (SSSR count). The van der Waals surface area contributed by atoms with Gasteiger partial charge in [0.05, 0.1) is 6.54 Å². The molecule has 0 atom stereocenters. The third-order valence-electron chi connectivity index (χ3n) is 1.44. The topological polar surface area (TPSA) is 58.4 Å². The van der Waals surface area contributed by atoms with Gasteiger partial charge in [-0.3, -0.25) is 4.79 Å². The van der Waals surface area contributed by atoms with E-state index in [9.17, 15) is 13.6 Å². The normalized spacial score (nSPS) is 12.1. The van der Waals surface area contributed by atoms with E-state index < -0.39 is 18.4 Å². The van der Waals surface area contributed by atoms with Crippen LogP contribution in [0, 0.1) is 0 Å². The average Bonchev–Trinajstić information content (AvgIpc) is 1.97. The molecule has 0 aliphatic carbocycles. The number of nitrogens with one attached hydrogen (secondary N) is 1. The maximum absolute atomic E-state index is 12.5. The lowest BCUT2D eigenvalue weighted by Crippen LogP contribution is -2.45. The van der Waals surface area contributed by atoms with Gasteiger partial charge in [0.25, 0.3) is 5.91 Å². The van der Waals surface area contributed by atoms with E-state index in [0.29, 0.717) is 13.1 Å². The van der Waals surface area contributed by atoms with Gasteiger partial charge >= 0.3 is 5.92 Å². The van der Waals surface area contributed by atoms with Gasteiger partial charge in [0.15, 0.2) is 0 Å². The second kappa shape index (κ2) is 5.08. The highest BCUT2D eigenvalue weighted by Gasteiger charge is 2.35. The number of rotatable bonds is 6. The Morgan fingerprint density at radius 1 is 1.54 bits per heavy atom. The number of carbonyl (C=O) groups excluding carboxylic acids is 1. The first-order chi connectivity index (χ1) is 5.86. The van der Waals surface area contributed by atoms with E-state index in [1.54, 1.807) is 0 Å². The maximum atomic E-state index is 12.5. The van der Waals surface area contributed by atoms with Gasteiger partial charge in [0, 0.05) is 13.1 Å². The first kappa shape index (κ1) is 12.2. The van der Waals surface area contributed by atoms with Crippen molar-refractivity contribution in [2.75, 3.05) is 33.7 Å². The van der Waals surface area contributed by atoms with Gasteiger partial charge in [-0.25, -0.2) is 0 Å². The second-order valence-corrected chi connectivity index (χ2v) is 3.05. The highest BCUT2D eigenvalue weighted by Crippen LogP contribution is 2.09. The lowest BCUT2D eigenvalue weighted by atomic mass is 10.3. The van der Waals surface area contributed by atoms with Crippen LogP contribution in [0.4, 0.5) is 8.78 Å². The summed E-state index contributed by atoms with van der Waals surface area (Å²) >= 11 is 0. The van der Waals surface area contributed by atoms with Gasteiger partial charge in [-0.15, -0.1) is 0 Å². The van der Waals surface area contributed by atoms with Crippen LogP contribution in [-0.2, 0) is 4.79 Å². The van der Waals surface area contributed by atoms with Crippen LogP contribution in [-0.4, -0.2) is 50.5 Å². The second-order valence-electron chi connectivity index (χ2n) is 3.05. The molecule has 0 heterocycles. The molecule has 78 valence electrons. The van der Waals surface area contributed by atoms with Crippen molar-refractivity contribution in [3.63, 3.8) is 0 Å². The van der Waals surface area contributed by atoms with Crippen LogP contribution in [0.3, 0.4) is 0 Å². The van der Waals surface area contributed by atoms with E-state index >= 15 is 0 Å². The Bertz CT molecular complexity index is 173. The van der Waals surface area contributed by atoms with Crippen LogP contribution in [0.1, 0.15) is 0 Å². The predicted molar refractivity (Wildman–Crippen MR) is 45.6 cm³/mol. The van der Waals surface area contributed by atoms with E-state index in [2.05, 4.69) is 11.1 Å². The Morgan fingerprint density at radius 3 is 2.46 bits per heavy atom. The number of amides is 1. The number of halogens is 2. The molecular weight excluding hydrogens is 180 g/mol. The van der Waals surface area contributed by atoms with Crippen molar-refractivity contribution >= 4 is 5.91 Å². The zero-order valence-electron chi connectivity index (χ0n) is 7.81. The molecule has 0 unspecified atom stereocenters. The molecule has 0 radical (unpaired) electrons. The Balaban J connectivity index is 3.58. The summed E-state index contributed by atoms with van der Waals surface area (Å²) in [6, 6.07) is 0. The molecule has 0 spiro atoms. The smallest absolute Gasteiger partial charge is 0.336 e. The highest BCUT2D eigenvalue weighted by atomic mass is 19.3. The van der Waals surface area contributed by atoms with Crippen LogP contribution >= 0.6 is 0 Å². The lowest BCUT2D eigenvalue weighted by Gasteiger charge is -2.14. The molecule has 0 aliphatic rings. The number of hydrogen-bond donors (Lipinski definition) is 2. The third-order valence-corrected chi connectivity index (χ3v) is 1.44. The molecule has 0 aromatic heterocycles. The highest BCUT2D eigenvalue weighted by molar-refractivity contribution is 5.81. The van der Waals surface area contributed by atoms with Gasteiger partial charge < -0.3 is 16.0 Å². The molecule has 4 nitrogen and oxygen atoms in total. The summed E-state index contributed by atoms with van der Waals surface area (Å²) in [4.78, 5) is 12.0. The fraction of sp³-hybridized carbons (Fsp3) is 0.857. The predicted octanol–water partition coefficient (Wildman–Crippen LogP) is -0.742. The number of hydrogen-bond acceptors (Lipinski definition) is 3. The SMILES string of the molecule is CN(C)CCNCC(F)(F)C(N)=O. The fourth-order valence-corrected chi connectivity index (χ4v) is 0.635. The molecular formula is C7H15F2N3O. The minimum absolute atomic E-state index is 0.399. The van der Waals surface area contributed by atoms with Crippen LogP contribution in [0.15, 0.2) is 0 Å². The van der Waals surface area contributed by atoms with Gasteiger partial charge in [0.2, 0.25) is 0 Å². The van der Waals surface area contributed by atoms with Crippen LogP contribution in [0.5, 0.6) is 0 Å². The van der Waals surface area contributed by atoms with E-state index in [-0.39, 0.29) is 0 Å². The minimum atomic E-state index is -3.45. The van der Waals surface area contributed by atoms with Gasteiger partial charge in [-0.2, -0.15) is 8.78 Å². The van der Waals surface area contributed by atoms with E-state index in [0.717, 1.165) is 0 Å². The largest absolute Gasteiger partial charge is 0.364 e. The quantitative estimate of drug-likeness (QED) is 0.549. The summed E-state index contributed by atoms with van der Waals surface area (Å²) in [5.41, 5.74) is 4.47. The van der Waals surface area contributed by atoms with E-state index in [1.165, 1.54) is 0 Å². The number of nitrogens with two attached hydrogens (primary N) is 1. The van der Waals surface area contributed by atoms with Crippen LogP contribution in [0.2, 0.25) is 0 Å². The van der Waals surface area contributed by atoms with E-state index in [4.69, 9.17) is 0 Å². The van der Waals surface area contributed by atoms with E-state index in [1.807, 2.05) is 19.0 Å². The zero-order chi connectivity index (χ0) is 10.5. The first-order valence-electron chi connectivity index (χ1n) is 3.89. The summed E-state index contributed by atoms with van der Waals surface area (Å²) in [6.07, 6.45) is 0. The molecule has 0 bridgehead atoms. The molecule has 6 heteroatoms. The monoisotopic (exact) mass is 195 g/mol. The Morgan fingerprint density at radius 2 is 2.08 bits per heavy atom. The van der Waals surface area contributed by atoms with Crippen molar-refractivity contribution in [2.45, 2.75) is 5.92 Å². The van der Waals surface area contributed by atoms with Crippen molar-refractivity contribution in [1.82, 2.24) is 10.2 Å². The van der Waals surface area contributed by atoms with Crippen LogP contribution < -0.4 is 11.1 Å². The molecule has 0 aromatic rings. The third kappa shape index (κ3) is 5.48. The van der Waals surface area contributed by atoms with Crippen molar-refractivity contribution in [1.29, 1.82) is 0 Å². The standard InChI is InChI=1S/C7H15F2N3O/c1-12(2)4-3-11-5-7(8,9)6(10)13/h11H,3-5H2,1-2H3,(H2,10,13). The van der Waals surface area contributed by atoms with Gasteiger partial charge in [-0.1, -0.05) is 0 Å². The summed E-state index contributed by atoms with van der Waals surface area (Å²) in [5, 5.41) is 2.45. The molecule has 13 heavy (non-hydrogen) atoms. The van der Waals surface area contributed by atoms with Crippen molar-refractivity contribution in [2.24, 2.45) is 5.73 Å². The molecule has 0 saturated heterocycles. The van der Waals surface area contributed by atoms with Crippen molar-refractivity contribution < 1.29 is 13.6 Å². The summed E-state index contributed by atoms with van der Waals surface area (Å²) < 4.78 is 25.0. The van der Waals surface area contributed by atoms with Gasteiger partial charge in [-0.05, 0) is 14.1 Å². The first-order valence-corrected chi connectivity index (χ1v) is 3.89. The average molecular weight is 195 g/mol. The number of carbonyl (C=O) groups is 1. The van der Waals surface area contributed by atoms with Gasteiger partial charge in [0.1, 0.15) is 0 Å².